The van der Waals surface area contributed by atoms with Crippen molar-refractivity contribution in [3.63, 3.8) is 0 Å². The van der Waals surface area contributed by atoms with Crippen LogP contribution in [0, 0.1) is 5.92 Å². The minimum atomic E-state index is -0.584. The zero-order chi connectivity index (χ0) is 9.69. The van der Waals surface area contributed by atoms with Gasteiger partial charge in [-0.25, -0.2) is 0 Å². The first kappa shape index (κ1) is 8.91. The van der Waals surface area contributed by atoms with Crippen LogP contribution >= 0.6 is 0 Å². The molecule has 0 aromatic rings. The third-order valence-corrected chi connectivity index (χ3v) is 3.01. The van der Waals surface area contributed by atoms with Gasteiger partial charge in [0.25, 0.3) is 0 Å². The van der Waals surface area contributed by atoms with Crippen LogP contribution < -0.4 is 0 Å². The first-order chi connectivity index (χ1) is 5.99. The number of hydrogen-bond acceptors (Lipinski definition) is 3. The van der Waals surface area contributed by atoms with Crippen molar-refractivity contribution >= 4 is 5.78 Å². The fourth-order valence-corrected chi connectivity index (χ4v) is 2.27. The molecule has 0 aromatic heterocycles. The van der Waals surface area contributed by atoms with E-state index >= 15 is 0 Å². The lowest BCUT2D eigenvalue weighted by molar-refractivity contribution is -0.167. The number of carbonyl (C=O) groups excluding carboxylic acids is 1. The molecule has 1 saturated heterocycles. The number of carbonyl (C=O) groups is 1. The van der Waals surface area contributed by atoms with Gasteiger partial charge in [-0.3, -0.25) is 4.79 Å². The van der Waals surface area contributed by atoms with Crippen LogP contribution in [0.2, 0.25) is 0 Å². The third-order valence-electron chi connectivity index (χ3n) is 3.01. The predicted molar refractivity (Wildman–Crippen MR) is 47.2 cm³/mol. The van der Waals surface area contributed by atoms with Gasteiger partial charge in [0, 0.05) is 6.42 Å². The molecule has 1 fully saturated rings. The number of rotatable bonds is 1. The lowest BCUT2D eigenvalue weighted by Gasteiger charge is -2.40. The Bertz CT molecular complexity index is 284. The van der Waals surface area contributed by atoms with E-state index in [0.29, 0.717) is 6.42 Å². The van der Waals surface area contributed by atoms with Gasteiger partial charge in [0.1, 0.15) is 5.78 Å². The monoisotopic (exact) mass is 182 g/mol. The van der Waals surface area contributed by atoms with Crippen molar-refractivity contribution in [2.75, 3.05) is 6.61 Å². The van der Waals surface area contributed by atoms with Crippen LogP contribution in [0.4, 0.5) is 0 Å². The fraction of sp³-hybridized carbons (Fsp3) is 0.700. The van der Waals surface area contributed by atoms with Gasteiger partial charge in [0.2, 0.25) is 0 Å². The Morgan fingerprint density at radius 2 is 2.31 bits per heavy atom. The van der Waals surface area contributed by atoms with E-state index in [4.69, 9.17) is 9.84 Å². The van der Waals surface area contributed by atoms with Crippen LogP contribution in [-0.4, -0.2) is 28.7 Å². The summed E-state index contributed by atoms with van der Waals surface area (Å²) in [5, 5.41) is 9.10. The Hall–Kier alpha value is -0.670. The topological polar surface area (TPSA) is 46.5 Å². The number of ether oxygens (including phenoxy) is 1. The average Bonchev–Trinajstić information content (AvgIpc) is 2.24. The molecule has 0 radical (unpaired) electrons. The maximum atomic E-state index is 11.6. The standard InChI is InChI=1S/C10H14O3/c1-9-3-4-10(2,13-9)7(6-11)8(12)5-9/h3-4,7,11H,5-6H2,1-2H3. The van der Waals surface area contributed by atoms with Crippen molar-refractivity contribution in [2.45, 2.75) is 31.5 Å². The van der Waals surface area contributed by atoms with Gasteiger partial charge in [-0.05, 0) is 13.8 Å². The van der Waals surface area contributed by atoms with Gasteiger partial charge in [-0.1, -0.05) is 12.2 Å². The molecule has 0 aliphatic carbocycles. The molecular weight excluding hydrogens is 168 g/mol. The predicted octanol–water partition coefficient (Wildman–Crippen LogP) is 0.671. The molecule has 1 N–H and O–H groups in total. The second-order valence-electron chi connectivity index (χ2n) is 4.31. The van der Waals surface area contributed by atoms with Crippen LogP contribution in [0.5, 0.6) is 0 Å². The molecule has 2 aliphatic heterocycles. The minimum Gasteiger partial charge on any atom is -0.395 e. The number of hydrogen-bond donors (Lipinski definition) is 1. The van der Waals surface area contributed by atoms with Crippen LogP contribution in [-0.2, 0) is 9.53 Å². The number of ketones is 1. The van der Waals surface area contributed by atoms with Crippen molar-refractivity contribution in [3.05, 3.63) is 12.2 Å². The summed E-state index contributed by atoms with van der Waals surface area (Å²) in [5.74, 6) is -0.289. The van der Waals surface area contributed by atoms with E-state index in [0.717, 1.165) is 0 Å². The second kappa shape index (κ2) is 2.42. The molecule has 2 bridgehead atoms. The van der Waals surface area contributed by atoms with Crippen LogP contribution in [0.3, 0.4) is 0 Å². The Balaban J connectivity index is 2.36. The lowest BCUT2D eigenvalue weighted by Crippen LogP contribution is -2.50. The summed E-state index contributed by atoms with van der Waals surface area (Å²) in [6, 6.07) is 0. The Morgan fingerprint density at radius 1 is 1.62 bits per heavy atom. The minimum absolute atomic E-state index is 0.101. The van der Waals surface area contributed by atoms with E-state index in [1.807, 2.05) is 26.0 Å². The molecule has 3 unspecified atom stereocenters. The van der Waals surface area contributed by atoms with Crippen molar-refractivity contribution in [1.82, 2.24) is 0 Å². The van der Waals surface area contributed by atoms with Crippen molar-refractivity contribution < 1.29 is 14.6 Å². The summed E-state index contributed by atoms with van der Waals surface area (Å²) >= 11 is 0. The molecule has 0 aromatic carbocycles. The molecule has 2 aliphatic rings. The fourth-order valence-electron chi connectivity index (χ4n) is 2.27. The zero-order valence-corrected chi connectivity index (χ0v) is 7.91. The summed E-state index contributed by atoms with van der Waals surface area (Å²) in [7, 11) is 0. The lowest BCUT2D eigenvalue weighted by atomic mass is 9.82. The largest absolute Gasteiger partial charge is 0.395 e. The first-order valence-corrected chi connectivity index (χ1v) is 4.53. The maximum Gasteiger partial charge on any atom is 0.144 e. The van der Waals surface area contributed by atoms with Gasteiger partial charge < -0.3 is 9.84 Å². The molecule has 0 amide bonds. The van der Waals surface area contributed by atoms with E-state index in [-0.39, 0.29) is 18.3 Å². The number of Topliss-reactive ketones (excluding diaryl/α,β-unsaturated/α-hetero) is 1. The summed E-state index contributed by atoms with van der Waals surface area (Å²) in [6.45, 7) is 3.63. The normalized spacial score (nSPS) is 48.5. The van der Waals surface area contributed by atoms with Crippen LogP contribution in [0.25, 0.3) is 0 Å². The molecular formula is C10H14O3. The Labute approximate surface area is 77.4 Å². The Morgan fingerprint density at radius 3 is 2.92 bits per heavy atom. The molecule has 13 heavy (non-hydrogen) atoms. The highest BCUT2D eigenvalue weighted by Gasteiger charge is 2.52. The smallest absolute Gasteiger partial charge is 0.144 e. The van der Waals surface area contributed by atoms with Gasteiger partial charge in [0.15, 0.2) is 0 Å². The molecule has 3 atom stereocenters. The van der Waals surface area contributed by atoms with E-state index in [1.165, 1.54) is 0 Å². The molecule has 72 valence electrons. The van der Waals surface area contributed by atoms with Crippen LogP contribution in [0.1, 0.15) is 20.3 Å². The van der Waals surface area contributed by atoms with E-state index in [2.05, 4.69) is 0 Å². The quantitative estimate of drug-likeness (QED) is 0.606. The maximum absolute atomic E-state index is 11.6. The Kier molecular flexibility index (Phi) is 1.66. The zero-order valence-electron chi connectivity index (χ0n) is 7.91. The summed E-state index contributed by atoms with van der Waals surface area (Å²) < 4.78 is 5.75. The molecule has 2 heterocycles. The van der Waals surface area contributed by atoms with Gasteiger partial charge in [0.05, 0.1) is 23.7 Å². The number of aliphatic hydroxyl groups excluding tert-OH is 1. The summed E-state index contributed by atoms with van der Waals surface area (Å²) in [6.07, 6.45) is 4.21. The summed E-state index contributed by atoms with van der Waals surface area (Å²) in [5.41, 5.74) is -1.02. The van der Waals surface area contributed by atoms with Crippen molar-refractivity contribution in [1.29, 1.82) is 0 Å². The first-order valence-electron chi connectivity index (χ1n) is 4.53. The SMILES string of the molecule is CC12C=CC(C)(O1)C(CO)C(=O)C2. The molecule has 2 rings (SSSR count). The van der Waals surface area contributed by atoms with E-state index in [1.54, 1.807) is 0 Å². The molecule has 3 nitrogen and oxygen atoms in total. The van der Waals surface area contributed by atoms with Crippen molar-refractivity contribution in [2.24, 2.45) is 5.92 Å². The molecule has 0 spiro atoms. The number of aliphatic hydroxyl groups is 1. The van der Waals surface area contributed by atoms with Crippen LogP contribution in [0.15, 0.2) is 12.2 Å². The van der Waals surface area contributed by atoms with Gasteiger partial charge in [-0.15, -0.1) is 0 Å². The highest BCUT2D eigenvalue weighted by atomic mass is 16.5. The highest BCUT2D eigenvalue weighted by molar-refractivity contribution is 5.85. The van der Waals surface area contributed by atoms with Crippen molar-refractivity contribution in [3.8, 4) is 0 Å². The van der Waals surface area contributed by atoms with E-state index < -0.39 is 11.2 Å². The van der Waals surface area contributed by atoms with Gasteiger partial charge in [-0.2, -0.15) is 0 Å². The summed E-state index contributed by atoms with van der Waals surface area (Å²) in [4.78, 5) is 11.6. The average molecular weight is 182 g/mol. The molecule has 3 heteroatoms. The number of fused-ring (bicyclic) bond motifs is 2. The second-order valence-corrected chi connectivity index (χ2v) is 4.31. The van der Waals surface area contributed by atoms with E-state index in [9.17, 15) is 4.79 Å². The molecule has 0 saturated carbocycles. The third kappa shape index (κ3) is 1.15. The highest BCUT2D eigenvalue weighted by Crippen LogP contribution is 2.43. The van der Waals surface area contributed by atoms with Gasteiger partial charge >= 0.3 is 0 Å².